The van der Waals surface area contributed by atoms with Crippen molar-refractivity contribution in [2.75, 3.05) is 19.0 Å². The molecule has 0 radical (unpaired) electrons. The van der Waals surface area contributed by atoms with E-state index in [0.717, 1.165) is 70.5 Å². The molecule has 0 saturated heterocycles. The first-order valence-corrected chi connectivity index (χ1v) is 17.1. The summed E-state index contributed by atoms with van der Waals surface area (Å²) in [4.78, 5) is 45.3. The number of carbonyl (C=O) groups excluding carboxylic acids is 3. The van der Waals surface area contributed by atoms with Crippen molar-refractivity contribution in [1.29, 1.82) is 0 Å². The number of rotatable bonds is 9. The number of hydrogen-bond donors (Lipinski definition) is 3. The molecule has 0 aliphatic heterocycles. The number of aldehydes is 1. The SMILES string of the molecule is CCO.CO.O=CC1CCCCC1C(=O)OCn1cc(-c2nc(C(=O)Nc3cn(C4CCCCC4)nc3-c3nc(F)ccc3F)cs2)cn1. The molecule has 0 bridgehead atoms. The van der Waals surface area contributed by atoms with Crippen molar-refractivity contribution in [3.05, 3.63) is 53.6 Å². The molecule has 2 fully saturated rings. The fourth-order valence-corrected chi connectivity index (χ4v) is 6.64. The number of ether oxygens (including phenoxy) is 1. The smallest absolute Gasteiger partial charge is 0.311 e. The standard InChI is InChI=1S/C30H31F2N7O4S.C2H6O.CH4O/c31-22-10-11-25(32)36-26(22)27-23(14-39(37-27)20-7-2-1-3-8-20)34-28(41)24-16-44-29(35-24)19-12-33-38(13-19)17-43-30(42)21-9-5-4-6-18(21)15-40;1-2-3;1-2/h10-16,18,20-21H,1-9,17H2,(H,34,41);3H,2H2,1H3;2H,1H3. The Morgan fingerprint density at radius 2 is 1.76 bits per heavy atom. The first kappa shape index (κ1) is 37.4. The van der Waals surface area contributed by atoms with Crippen molar-refractivity contribution in [2.24, 2.45) is 11.8 Å². The second-order valence-corrected chi connectivity index (χ2v) is 12.3. The Bertz CT molecular complexity index is 1690. The summed E-state index contributed by atoms with van der Waals surface area (Å²) in [5.41, 5.74) is 0.694. The predicted molar refractivity (Wildman–Crippen MR) is 177 cm³/mol. The van der Waals surface area contributed by atoms with Gasteiger partial charge in [-0.15, -0.1) is 11.3 Å². The number of nitrogens with zero attached hydrogens (tertiary/aromatic N) is 6. The van der Waals surface area contributed by atoms with Crippen LogP contribution < -0.4 is 5.32 Å². The number of aromatic nitrogens is 6. The lowest BCUT2D eigenvalue weighted by Crippen LogP contribution is -2.30. The normalized spacial score (nSPS) is 17.6. The van der Waals surface area contributed by atoms with Gasteiger partial charge in [0.2, 0.25) is 5.95 Å². The molecule has 2 unspecified atom stereocenters. The number of aliphatic hydroxyl groups excluding tert-OH is 2. The second-order valence-electron chi connectivity index (χ2n) is 11.5. The summed E-state index contributed by atoms with van der Waals surface area (Å²) in [6.07, 6.45) is 13.8. The number of anilines is 1. The lowest BCUT2D eigenvalue weighted by molar-refractivity contribution is -0.157. The van der Waals surface area contributed by atoms with E-state index in [0.29, 0.717) is 23.4 Å². The summed E-state index contributed by atoms with van der Waals surface area (Å²) in [6.45, 7) is 1.82. The van der Waals surface area contributed by atoms with E-state index < -0.39 is 29.6 Å². The zero-order valence-corrected chi connectivity index (χ0v) is 28.2. The van der Waals surface area contributed by atoms with Crippen LogP contribution in [0.2, 0.25) is 0 Å². The topological polar surface area (TPSA) is 174 Å². The molecule has 2 aliphatic rings. The minimum atomic E-state index is -0.857. The Morgan fingerprint density at radius 3 is 2.49 bits per heavy atom. The third-order valence-corrected chi connectivity index (χ3v) is 9.11. The van der Waals surface area contributed by atoms with Gasteiger partial charge in [-0.25, -0.2) is 19.0 Å². The van der Waals surface area contributed by atoms with E-state index in [4.69, 9.17) is 14.9 Å². The number of aliphatic hydroxyl groups is 2. The van der Waals surface area contributed by atoms with Crippen molar-refractivity contribution >= 4 is 35.2 Å². The molecule has 0 aromatic carbocycles. The van der Waals surface area contributed by atoms with Crippen molar-refractivity contribution in [3.63, 3.8) is 0 Å². The average Bonchev–Trinajstić information content (AvgIpc) is 3.90. The molecular formula is C33H41F2N7O6S. The maximum absolute atomic E-state index is 14.7. The minimum absolute atomic E-state index is 0.0416. The zero-order valence-electron chi connectivity index (χ0n) is 27.4. The van der Waals surface area contributed by atoms with Crippen LogP contribution in [0.3, 0.4) is 0 Å². The van der Waals surface area contributed by atoms with Gasteiger partial charge in [0, 0.05) is 43.0 Å². The van der Waals surface area contributed by atoms with Gasteiger partial charge in [0.25, 0.3) is 5.91 Å². The van der Waals surface area contributed by atoms with Crippen LogP contribution >= 0.6 is 11.3 Å². The quantitative estimate of drug-likeness (QED) is 0.116. The number of hydrogen-bond acceptors (Lipinski definition) is 11. The van der Waals surface area contributed by atoms with Gasteiger partial charge in [-0.05, 0) is 44.7 Å². The molecule has 49 heavy (non-hydrogen) atoms. The lowest BCUT2D eigenvalue weighted by Gasteiger charge is -2.25. The highest BCUT2D eigenvalue weighted by atomic mass is 32.1. The fraction of sp³-hybridized carbons (Fsp3) is 0.485. The van der Waals surface area contributed by atoms with E-state index in [-0.39, 0.29) is 48.1 Å². The molecule has 264 valence electrons. The Morgan fingerprint density at radius 1 is 1.04 bits per heavy atom. The van der Waals surface area contributed by atoms with Crippen molar-refractivity contribution in [2.45, 2.75) is 77.5 Å². The molecule has 6 rings (SSSR count). The van der Waals surface area contributed by atoms with E-state index in [1.807, 2.05) is 0 Å². The number of nitrogens with one attached hydrogen (secondary N) is 1. The van der Waals surface area contributed by atoms with Crippen LogP contribution in [0.1, 0.15) is 81.2 Å². The summed E-state index contributed by atoms with van der Waals surface area (Å²) in [5, 5.41) is 28.2. The first-order valence-electron chi connectivity index (χ1n) is 16.2. The van der Waals surface area contributed by atoms with Crippen molar-refractivity contribution in [1.82, 2.24) is 29.5 Å². The van der Waals surface area contributed by atoms with Crippen LogP contribution in [-0.2, 0) is 21.1 Å². The van der Waals surface area contributed by atoms with Gasteiger partial charge in [0.05, 0.1) is 23.8 Å². The van der Waals surface area contributed by atoms with Gasteiger partial charge >= 0.3 is 5.97 Å². The van der Waals surface area contributed by atoms with E-state index >= 15 is 0 Å². The summed E-state index contributed by atoms with van der Waals surface area (Å²) in [5.74, 6) is -3.31. The Balaban J connectivity index is 0.00000103. The van der Waals surface area contributed by atoms with E-state index in [2.05, 4.69) is 25.5 Å². The molecule has 2 atom stereocenters. The predicted octanol–water partition coefficient (Wildman–Crippen LogP) is 5.41. The molecule has 4 aromatic heterocycles. The van der Waals surface area contributed by atoms with Crippen LogP contribution in [-0.4, -0.2) is 71.6 Å². The van der Waals surface area contributed by atoms with Gasteiger partial charge in [0.1, 0.15) is 28.4 Å². The van der Waals surface area contributed by atoms with Gasteiger partial charge in [-0.1, -0.05) is 32.1 Å². The summed E-state index contributed by atoms with van der Waals surface area (Å²) in [6, 6.07) is 1.99. The summed E-state index contributed by atoms with van der Waals surface area (Å²) < 4.78 is 37.3. The molecule has 2 saturated carbocycles. The molecule has 3 N–H and O–H groups in total. The molecule has 13 nitrogen and oxygen atoms in total. The number of carbonyl (C=O) groups is 3. The highest BCUT2D eigenvalue weighted by molar-refractivity contribution is 7.13. The Hall–Kier alpha value is -4.41. The zero-order chi connectivity index (χ0) is 35.3. The molecule has 16 heteroatoms. The molecular weight excluding hydrogens is 660 g/mol. The van der Waals surface area contributed by atoms with Crippen molar-refractivity contribution < 1.29 is 38.1 Å². The minimum Gasteiger partial charge on any atom is -0.442 e. The van der Waals surface area contributed by atoms with Gasteiger partial charge in [0.15, 0.2) is 12.5 Å². The van der Waals surface area contributed by atoms with Crippen LogP contribution in [0.5, 0.6) is 0 Å². The molecule has 2 aliphatic carbocycles. The fourth-order valence-electron chi connectivity index (χ4n) is 5.87. The van der Waals surface area contributed by atoms with Crippen LogP contribution in [0.25, 0.3) is 22.0 Å². The van der Waals surface area contributed by atoms with Gasteiger partial charge in [-0.3, -0.25) is 14.3 Å². The lowest BCUT2D eigenvalue weighted by atomic mass is 9.80. The maximum atomic E-state index is 14.7. The number of pyridine rings is 1. The number of thiazole rings is 1. The molecule has 1 amide bonds. The van der Waals surface area contributed by atoms with Gasteiger partial charge < -0.3 is 25.1 Å². The Kier molecular flexibility index (Phi) is 14.0. The van der Waals surface area contributed by atoms with Gasteiger partial charge in [-0.2, -0.15) is 14.6 Å². The molecule has 0 spiro atoms. The number of amides is 1. The van der Waals surface area contributed by atoms with E-state index in [1.165, 1.54) is 16.0 Å². The largest absolute Gasteiger partial charge is 0.442 e. The number of esters is 1. The third-order valence-electron chi connectivity index (χ3n) is 8.22. The maximum Gasteiger partial charge on any atom is 0.311 e. The van der Waals surface area contributed by atoms with E-state index in [9.17, 15) is 23.2 Å². The van der Waals surface area contributed by atoms with Crippen molar-refractivity contribution in [3.8, 4) is 22.0 Å². The van der Waals surface area contributed by atoms with Crippen LogP contribution in [0.4, 0.5) is 14.5 Å². The monoisotopic (exact) mass is 701 g/mol. The number of halogens is 2. The molecule has 4 heterocycles. The highest BCUT2D eigenvalue weighted by Crippen LogP contribution is 2.34. The second kappa shape index (κ2) is 18.4. The average molecular weight is 702 g/mol. The summed E-state index contributed by atoms with van der Waals surface area (Å²) in [7, 11) is 1.00. The third kappa shape index (κ3) is 9.61. The van der Waals surface area contributed by atoms with Crippen LogP contribution in [0.15, 0.2) is 36.1 Å². The van der Waals surface area contributed by atoms with Crippen LogP contribution in [0, 0.1) is 23.6 Å². The summed E-state index contributed by atoms with van der Waals surface area (Å²) >= 11 is 1.22. The first-order chi connectivity index (χ1) is 23.8. The van der Waals surface area contributed by atoms with E-state index in [1.54, 1.807) is 35.6 Å². The molecule has 4 aromatic rings. The highest BCUT2D eigenvalue weighted by Gasteiger charge is 2.32. The Labute approximate surface area is 286 Å².